The summed E-state index contributed by atoms with van der Waals surface area (Å²) in [6.07, 6.45) is 1.46. The van der Waals surface area contributed by atoms with Crippen LogP contribution in [0.25, 0.3) is 20.7 Å². The zero-order valence-electron chi connectivity index (χ0n) is 15.7. The Hall–Kier alpha value is -2.48. The topological polar surface area (TPSA) is 55.2 Å². The van der Waals surface area contributed by atoms with Gasteiger partial charge in [-0.2, -0.15) is 0 Å². The van der Waals surface area contributed by atoms with E-state index in [-0.39, 0.29) is 18.0 Å². The van der Waals surface area contributed by atoms with Crippen molar-refractivity contribution in [3.05, 3.63) is 74.4 Å². The van der Waals surface area contributed by atoms with Crippen LogP contribution < -0.4 is 5.56 Å². The molecule has 1 aromatic carbocycles. The first-order chi connectivity index (χ1) is 14.0. The van der Waals surface area contributed by atoms with Crippen LogP contribution in [0.3, 0.4) is 0 Å². The van der Waals surface area contributed by atoms with Crippen molar-refractivity contribution < 1.29 is 4.79 Å². The molecule has 0 aliphatic rings. The lowest BCUT2D eigenvalue weighted by molar-refractivity contribution is -0.132. The fourth-order valence-corrected chi connectivity index (χ4v) is 5.16. The van der Waals surface area contributed by atoms with Gasteiger partial charge in [0.2, 0.25) is 5.91 Å². The Morgan fingerprint density at radius 1 is 1.17 bits per heavy atom. The van der Waals surface area contributed by atoms with Crippen molar-refractivity contribution in [1.29, 1.82) is 0 Å². The SMILES string of the molecule is CCN(Cc1ccc(Cl)s1)C(=O)Cn1cnc2sc(-c3ccccc3)cc2c1=O. The number of halogens is 1. The van der Waals surface area contributed by atoms with E-state index in [1.807, 2.05) is 55.5 Å². The van der Waals surface area contributed by atoms with Crippen LogP contribution in [-0.4, -0.2) is 26.9 Å². The van der Waals surface area contributed by atoms with Gasteiger partial charge < -0.3 is 4.90 Å². The highest BCUT2D eigenvalue weighted by Gasteiger charge is 2.17. The predicted octanol–water partition coefficient (Wildman–Crippen LogP) is 4.89. The van der Waals surface area contributed by atoms with Crippen molar-refractivity contribution in [2.45, 2.75) is 20.0 Å². The van der Waals surface area contributed by atoms with E-state index in [0.717, 1.165) is 15.3 Å². The second-order valence-corrected chi connectivity index (χ2v) is 9.32. The Labute approximate surface area is 180 Å². The number of carbonyl (C=O) groups is 1. The number of hydrogen-bond donors (Lipinski definition) is 0. The highest BCUT2D eigenvalue weighted by Crippen LogP contribution is 2.30. The summed E-state index contributed by atoms with van der Waals surface area (Å²) >= 11 is 8.91. The number of rotatable bonds is 6. The highest BCUT2D eigenvalue weighted by molar-refractivity contribution is 7.21. The van der Waals surface area contributed by atoms with Crippen molar-refractivity contribution in [3.63, 3.8) is 0 Å². The van der Waals surface area contributed by atoms with E-state index in [2.05, 4.69) is 4.98 Å². The van der Waals surface area contributed by atoms with Crippen molar-refractivity contribution in [2.24, 2.45) is 0 Å². The van der Waals surface area contributed by atoms with Crippen LogP contribution in [0.5, 0.6) is 0 Å². The van der Waals surface area contributed by atoms with E-state index in [9.17, 15) is 9.59 Å². The number of nitrogens with zero attached hydrogens (tertiary/aromatic N) is 3. The zero-order valence-corrected chi connectivity index (χ0v) is 18.1. The summed E-state index contributed by atoms with van der Waals surface area (Å²) in [6.45, 7) is 2.91. The summed E-state index contributed by atoms with van der Waals surface area (Å²) in [5.41, 5.74) is 0.848. The molecule has 1 amide bonds. The quantitative estimate of drug-likeness (QED) is 0.426. The Kier molecular flexibility index (Phi) is 5.80. The molecule has 4 aromatic rings. The van der Waals surface area contributed by atoms with Gasteiger partial charge >= 0.3 is 0 Å². The van der Waals surface area contributed by atoms with Crippen LogP contribution in [-0.2, 0) is 17.9 Å². The summed E-state index contributed by atoms with van der Waals surface area (Å²) in [6, 6.07) is 15.5. The fraction of sp³-hybridized carbons (Fsp3) is 0.190. The van der Waals surface area contributed by atoms with Crippen LogP contribution >= 0.6 is 34.3 Å². The van der Waals surface area contributed by atoms with E-state index in [1.54, 1.807) is 4.90 Å². The number of thiophene rings is 2. The monoisotopic (exact) mass is 443 g/mol. The molecular weight excluding hydrogens is 426 g/mol. The molecule has 3 heterocycles. The lowest BCUT2D eigenvalue weighted by atomic mass is 10.2. The van der Waals surface area contributed by atoms with Crippen molar-refractivity contribution in [2.75, 3.05) is 6.54 Å². The minimum atomic E-state index is -0.197. The van der Waals surface area contributed by atoms with Gasteiger partial charge in [0.15, 0.2) is 0 Å². The molecule has 0 N–H and O–H groups in total. The molecule has 3 aromatic heterocycles. The number of amides is 1. The molecular formula is C21H18ClN3O2S2. The van der Waals surface area contributed by atoms with Crippen LogP contribution in [0.1, 0.15) is 11.8 Å². The summed E-state index contributed by atoms with van der Waals surface area (Å²) < 4.78 is 2.08. The minimum Gasteiger partial charge on any atom is -0.336 e. The Morgan fingerprint density at radius 3 is 2.66 bits per heavy atom. The number of fused-ring (bicyclic) bond motifs is 1. The molecule has 0 fully saturated rings. The van der Waals surface area contributed by atoms with Crippen molar-refractivity contribution in [3.8, 4) is 10.4 Å². The lowest BCUT2D eigenvalue weighted by Crippen LogP contribution is -2.35. The molecule has 0 unspecified atom stereocenters. The summed E-state index contributed by atoms with van der Waals surface area (Å²) in [5.74, 6) is -0.126. The normalized spacial score (nSPS) is 11.1. The molecule has 5 nitrogen and oxygen atoms in total. The first kappa shape index (κ1) is 19.8. The van der Waals surface area contributed by atoms with E-state index < -0.39 is 0 Å². The van der Waals surface area contributed by atoms with Crippen molar-refractivity contribution >= 4 is 50.4 Å². The fourth-order valence-electron chi connectivity index (χ4n) is 3.06. The molecule has 0 aliphatic carbocycles. The van der Waals surface area contributed by atoms with Gasteiger partial charge in [-0.05, 0) is 30.7 Å². The van der Waals surface area contributed by atoms with Crippen molar-refractivity contribution in [1.82, 2.24) is 14.5 Å². The van der Waals surface area contributed by atoms with Gasteiger partial charge in [0.05, 0.1) is 22.6 Å². The van der Waals surface area contributed by atoms with Gasteiger partial charge in [-0.15, -0.1) is 22.7 Å². The molecule has 0 atom stereocenters. The minimum absolute atomic E-state index is 0.0365. The van der Waals surface area contributed by atoms with Crippen LogP contribution in [0.4, 0.5) is 0 Å². The number of likely N-dealkylation sites (N-methyl/N-ethyl adjacent to an activating group) is 1. The molecule has 29 heavy (non-hydrogen) atoms. The molecule has 0 bridgehead atoms. The van der Waals surface area contributed by atoms with Gasteiger partial charge in [-0.3, -0.25) is 14.2 Å². The summed E-state index contributed by atoms with van der Waals surface area (Å²) in [7, 11) is 0. The maximum absolute atomic E-state index is 12.9. The summed E-state index contributed by atoms with van der Waals surface area (Å²) in [5, 5.41) is 0.539. The first-order valence-electron chi connectivity index (χ1n) is 9.11. The molecule has 0 aliphatic heterocycles. The van der Waals surface area contributed by atoms with Gasteiger partial charge in [-0.25, -0.2) is 4.98 Å². The summed E-state index contributed by atoms with van der Waals surface area (Å²) in [4.78, 5) is 34.5. The van der Waals surface area contributed by atoms with E-state index in [1.165, 1.54) is 33.6 Å². The smallest absolute Gasteiger partial charge is 0.262 e. The number of benzene rings is 1. The second-order valence-electron chi connectivity index (χ2n) is 6.49. The molecule has 148 valence electrons. The maximum atomic E-state index is 12.9. The van der Waals surface area contributed by atoms with Crippen LogP contribution in [0, 0.1) is 0 Å². The molecule has 4 rings (SSSR count). The maximum Gasteiger partial charge on any atom is 0.262 e. The van der Waals surface area contributed by atoms with Gasteiger partial charge in [0, 0.05) is 16.3 Å². The second kappa shape index (κ2) is 8.49. The van der Waals surface area contributed by atoms with E-state index >= 15 is 0 Å². The number of aromatic nitrogens is 2. The number of hydrogen-bond acceptors (Lipinski definition) is 5. The molecule has 0 radical (unpaired) electrons. The average Bonchev–Trinajstić information content (AvgIpc) is 3.35. The average molecular weight is 444 g/mol. The van der Waals surface area contributed by atoms with Gasteiger partial charge in [0.1, 0.15) is 11.4 Å². The highest BCUT2D eigenvalue weighted by atomic mass is 35.5. The Balaban J connectivity index is 1.58. The van der Waals surface area contributed by atoms with E-state index in [4.69, 9.17) is 11.6 Å². The lowest BCUT2D eigenvalue weighted by Gasteiger charge is -2.20. The van der Waals surface area contributed by atoms with Crippen LogP contribution in [0.15, 0.2) is 59.7 Å². The Bertz CT molecular complexity index is 1210. The van der Waals surface area contributed by atoms with Gasteiger partial charge in [-0.1, -0.05) is 41.9 Å². The molecule has 0 saturated carbocycles. The first-order valence-corrected chi connectivity index (χ1v) is 11.1. The van der Waals surface area contributed by atoms with Gasteiger partial charge in [0.25, 0.3) is 5.56 Å². The third kappa shape index (κ3) is 4.27. The predicted molar refractivity (Wildman–Crippen MR) is 120 cm³/mol. The zero-order chi connectivity index (χ0) is 20.4. The van der Waals surface area contributed by atoms with Crippen LogP contribution in [0.2, 0.25) is 4.34 Å². The third-order valence-corrected chi connectivity index (χ3v) is 6.90. The molecule has 0 saturated heterocycles. The Morgan fingerprint density at radius 2 is 1.97 bits per heavy atom. The standard InChI is InChI=1S/C21H18ClN3O2S2/c1-2-24(11-15-8-9-18(22)28-15)19(26)12-25-13-23-20-16(21(25)27)10-17(29-20)14-6-4-3-5-7-14/h3-10,13H,2,11-12H2,1H3. The van der Waals surface area contributed by atoms with E-state index in [0.29, 0.717) is 27.6 Å². The largest absolute Gasteiger partial charge is 0.336 e. The number of carbonyl (C=O) groups excluding carboxylic acids is 1. The molecule has 8 heteroatoms. The molecule has 0 spiro atoms. The third-order valence-electron chi connectivity index (χ3n) is 4.59.